The molecule has 0 radical (unpaired) electrons. The first kappa shape index (κ1) is 16.1. The second-order valence-corrected chi connectivity index (χ2v) is 5.84. The Hall–Kier alpha value is -2.77. The van der Waals surface area contributed by atoms with Crippen molar-refractivity contribution in [2.45, 2.75) is 25.3 Å². The fourth-order valence-electron chi connectivity index (χ4n) is 2.68. The first-order chi connectivity index (χ1) is 11.6. The quantitative estimate of drug-likeness (QED) is 0.844. The van der Waals surface area contributed by atoms with Crippen molar-refractivity contribution in [3.63, 3.8) is 0 Å². The van der Waals surface area contributed by atoms with Crippen LogP contribution >= 0.6 is 0 Å². The lowest BCUT2D eigenvalue weighted by molar-refractivity contribution is -0.123. The molecule has 1 amide bonds. The van der Waals surface area contributed by atoms with Gasteiger partial charge in [0.05, 0.1) is 18.9 Å². The van der Waals surface area contributed by atoms with Crippen LogP contribution in [0.5, 0.6) is 0 Å². The first-order valence-corrected chi connectivity index (χ1v) is 7.67. The minimum Gasteiger partial charge on any atom is -0.476 e. The molecule has 2 N–H and O–H groups in total. The number of anilines is 1. The van der Waals surface area contributed by atoms with Gasteiger partial charge >= 0.3 is 5.97 Å². The molecule has 1 aromatic carbocycles. The van der Waals surface area contributed by atoms with Crippen LogP contribution in [-0.2, 0) is 11.2 Å². The topological polar surface area (TPSA) is 97.1 Å². The van der Waals surface area contributed by atoms with Crippen molar-refractivity contribution >= 4 is 17.6 Å². The van der Waals surface area contributed by atoms with Crippen LogP contribution in [0.15, 0.2) is 30.5 Å². The highest BCUT2D eigenvalue weighted by Crippen LogP contribution is 2.37. The van der Waals surface area contributed by atoms with Crippen molar-refractivity contribution in [3.8, 4) is 0 Å². The van der Waals surface area contributed by atoms with Gasteiger partial charge in [-0.2, -0.15) is 0 Å². The molecule has 3 rings (SSSR count). The molecule has 1 aliphatic carbocycles. The number of amides is 1. The van der Waals surface area contributed by atoms with E-state index in [1.807, 2.05) is 0 Å². The summed E-state index contributed by atoms with van der Waals surface area (Å²) < 4.78 is 13.8. The maximum absolute atomic E-state index is 12.3. The zero-order valence-electron chi connectivity index (χ0n) is 12.9. The summed E-state index contributed by atoms with van der Waals surface area (Å²) in [6.07, 6.45) is 2.93. The summed E-state index contributed by atoms with van der Waals surface area (Å²) in [6.45, 7) is -0.402. The van der Waals surface area contributed by atoms with Gasteiger partial charge in [0, 0.05) is 18.0 Å². The van der Waals surface area contributed by atoms with Crippen molar-refractivity contribution in [3.05, 3.63) is 41.7 Å². The van der Waals surface area contributed by atoms with E-state index in [1.165, 1.54) is 10.9 Å². The van der Waals surface area contributed by atoms with Crippen LogP contribution in [0.25, 0.3) is 0 Å². The SMILES string of the molecule is O=C(O)c1cn(C2CC(C(=O)Nc3ccc(CCF)cc3)C2)nn1. The molecule has 2 aromatic rings. The van der Waals surface area contributed by atoms with Crippen molar-refractivity contribution in [2.24, 2.45) is 5.92 Å². The number of carboxylic acid groups (broad SMARTS) is 1. The monoisotopic (exact) mass is 332 g/mol. The summed E-state index contributed by atoms with van der Waals surface area (Å²) in [5, 5.41) is 19.0. The summed E-state index contributed by atoms with van der Waals surface area (Å²) in [4.78, 5) is 23.0. The largest absolute Gasteiger partial charge is 0.476 e. The number of aryl methyl sites for hydroxylation is 1. The van der Waals surface area contributed by atoms with Crippen molar-refractivity contribution in [2.75, 3.05) is 12.0 Å². The summed E-state index contributed by atoms with van der Waals surface area (Å²) >= 11 is 0. The zero-order valence-corrected chi connectivity index (χ0v) is 12.9. The number of rotatable bonds is 6. The fraction of sp³-hybridized carbons (Fsp3) is 0.375. The predicted octanol–water partition coefficient (Wildman–Crippen LogP) is 2.08. The number of nitrogens with one attached hydrogen (secondary N) is 1. The van der Waals surface area contributed by atoms with Crippen LogP contribution in [0.4, 0.5) is 10.1 Å². The smallest absolute Gasteiger partial charge is 0.358 e. The van der Waals surface area contributed by atoms with E-state index in [9.17, 15) is 14.0 Å². The highest BCUT2D eigenvalue weighted by molar-refractivity contribution is 5.93. The molecule has 1 fully saturated rings. The zero-order chi connectivity index (χ0) is 17.1. The third kappa shape index (κ3) is 3.42. The number of carbonyl (C=O) groups excluding carboxylic acids is 1. The van der Waals surface area contributed by atoms with Gasteiger partial charge in [0.1, 0.15) is 0 Å². The van der Waals surface area contributed by atoms with E-state index in [2.05, 4.69) is 15.6 Å². The highest BCUT2D eigenvalue weighted by atomic mass is 19.1. The number of halogens is 1. The lowest BCUT2D eigenvalue weighted by Gasteiger charge is -2.33. The number of hydrogen-bond acceptors (Lipinski definition) is 4. The van der Waals surface area contributed by atoms with Crippen molar-refractivity contribution in [1.82, 2.24) is 15.0 Å². The third-order valence-electron chi connectivity index (χ3n) is 4.19. The molecule has 7 nitrogen and oxygen atoms in total. The average Bonchev–Trinajstić information content (AvgIpc) is 2.98. The van der Waals surface area contributed by atoms with Crippen LogP contribution in [0.2, 0.25) is 0 Å². The van der Waals surface area contributed by atoms with E-state index in [1.54, 1.807) is 24.3 Å². The number of aromatic nitrogens is 3. The second kappa shape index (κ2) is 6.77. The number of hydrogen-bond donors (Lipinski definition) is 2. The van der Waals surface area contributed by atoms with Crippen LogP contribution in [0, 0.1) is 5.92 Å². The average molecular weight is 332 g/mol. The molecule has 126 valence electrons. The Kier molecular flexibility index (Phi) is 4.54. The summed E-state index contributed by atoms with van der Waals surface area (Å²) in [5.41, 5.74) is 1.47. The molecule has 0 atom stereocenters. The highest BCUT2D eigenvalue weighted by Gasteiger charge is 2.36. The van der Waals surface area contributed by atoms with Gasteiger partial charge in [-0.05, 0) is 30.5 Å². The Balaban J connectivity index is 1.51. The number of alkyl halides is 1. The molecule has 24 heavy (non-hydrogen) atoms. The Bertz CT molecular complexity index is 738. The minimum absolute atomic E-state index is 0.00622. The van der Waals surface area contributed by atoms with E-state index in [4.69, 9.17) is 5.11 Å². The van der Waals surface area contributed by atoms with Crippen molar-refractivity contribution < 1.29 is 19.1 Å². The molecule has 8 heteroatoms. The van der Waals surface area contributed by atoms with Crippen LogP contribution in [0.3, 0.4) is 0 Å². The number of benzene rings is 1. The summed E-state index contributed by atoms with van der Waals surface area (Å²) in [5.74, 6) is -1.34. The number of carboxylic acids is 1. The molecule has 0 spiro atoms. The van der Waals surface area contributed by atoms with Crippen LogP contribution < -0.4 is 5.32 Å². The molecule has 0 saturated heterocycles. The lowest BCUT2D eigenvalue weighted by Crippen LogP contribution is -2.36. The predicted molar refractivity (Wildman–Crippen MR) is 83.5 cm³/mol. The van der Waals surface area contributed by atoms with Crippen molar-refractivity contribution in [1.29, 1.82) is 0 Å². The van der Waals surface area contributed by atoms with E-state index in [0.29, 0.717) is 24.9 Å². The third-order valence-corrected chi connectivity index (χ3v) is 4.19. The number of carbonyl (C=O) groups is 2. The lowest BCUT2D eigenvalue weighted by atomic mass is 9.79. The Morgan fingerprint density at radius 1 is 1.29 bits per heavy atom. The molecule has 0 aliphatic heterocycles. The van der Waals surface area contributed by atoms with Gasteiger partial charge in [-0.3, -0.25) is 9.18 Å². The molecule has 1 aromatic heterocycles. The molecule has 0 unspecified atom stereocenters. The van der Waals surface area contributed by atoms with Gasteiger partial charge in [-0.15, -0.1) is 5.10 Å². The van der Waals surface area contributed by atoms with E-state index < -0.39 is 12.6 Å². The van der Waals surface area contributed by atoms with Crippen LogP contribution in [0.1, 0.15) is 34.9 Å². The Morgan fingerprint density at radius 2 is 2.00 bits per heavy atom. The van der Waals surface area contributed by atoms with Crippen LogP contribution in [-0.4, -0.2) is 38.7 Å². The van der Waals surface area contributed by atoms with Gasteiger partial charge in [-0.25, -0.2) is 9.48 Å². The van der Waals surface area contributed by atoms with E-state index >= 15 is 0 Å². The maximum atomic E-state index is 12.3. The molecule has 1 aliphatic rings. The van der Waals surface area contributed by atoms with Gasteiger partial charge in [0.2, 0.25) is 5.91 Å². The Morgan fingerprint density at radius 3 is 2.58 bits per heavy atom. The standard InChI is InChI=1S/C16H17FN4O3/c17-6-5-10-1-3-12(4-2-10)18-15(22)11-7-13(8-11)21-9-14(16(23)24)19-20-21/h1-4,9,11,13H,5-8H2,(H,18,22)(H,23,24). The maximum Gasteiger partial charge on any atom is 0.358 e. The van der Waals surface area contributed by atoms with Gasteiger partial charge in [-0.1, -0.05) is 17.3 Å². The summed E-state index contributed by atoms with van der Waals surface area (Å²) in [7, 11) is 0. The molecular formula is C16H17FN4O3. The fourth-order valence-corrected chi connectivity index (χ4v) is 2.68. The summed E-state index contributed by atoms with van der Waals surface area (Å²) in [6, 6.07) is 7.10. The second-order valence-electron chi connectivity index (χ2n) is 5.84. The molecule has 0 bridgehead atoms. The van der Waals surface area contributed by atoms with E-state index in [-0.39, 0.29) is 23.6 Å². The first-order valence-electron chi connectivity index (χ1n) is 7.67. The van der Waals surface area contributed by atoms with E-state index in [0.717, 1.165) is 5.56 Å². The molecular weight excluding hydrogens is 315 g/mol. The Labute approximate surface area is 137 Å². The van der Waals surface area contributed by atoms with Gasteiger partial charge in [0.25, 0.3) is 0 Å². The molecule has 1 saturated carbocycles. The molecule has 1 heterocycles. The van der Waals surface area contributed by atoms with Gasteiger partial charge in [0.15, 0.2) is 5.69 Å². The number of aromatic carboxylic acids is 1. The van der Waals surface area contributed by atoms with Gasteiger partial charge < -0.3 is 10.4 Å². The number of nitrogens with zero attached hydrogens (tertiary/aromatic N) is 3. The minimum atomic E-state index is -1.12. The normalized spacial score (nSPS) is 19.5.